The predicted octanol–water partition coefficient (Wildman–Crippen LogP) is 4.55. The molecule has 7 heteroatoms. The van der Waals surface area contributed by atoms with E-state index in [2.05, 4.69) is 46.0 Å². The van der Waals surface area contributed by atoms with Gasteiger partial charge in [0.1, 0.15) is 0 Å². The number of allylic oxidation sites excluding steroid dienone is 2. The minimum absolute atomic E-state index is 0.0858. The van der Waals surface area contributed by atoms with Crippen LogP contribution in [0.5, 0.6) is 0 Å². The number of piperidine rings is 2. The minimum atomic E-state index is -0.116. The molecule has 5 aliphatic rings. The molecule has 0 aromatic carbocycles. The van der Waals surface area contributed by atoms with E-state index >= 15 is 0 Å². The maximum atomic E-state index is 12.9. The highest BCUT2D eigenvalue weighted by Gasteiger charge is 2.51. The SMILES string of the molecule is CCCNC(=O)N1CC2=C(C=CCC2)C2(CCN(C3CC4C[C@H](C)C(C3)N4C(=O)OCC)CC2)C1. The predicted molar refractivity (Wildman–Crippen MR) is 137 cm³/mol. The van der Waals surface area contributed by atoms with Gasteiger partial charge < -0.3 is 24.8 Å². The Morgan fingerprint density at radius 3 is 2.66 bits per heavy atom. The summed E-state index contributed by atoms with van der Waals surface area (Å²) in [6.45, 7) is 11.3. The standard InChI is InChI=1S/C28H44N4O3/c1-4-12-29-26(33)31-18-21-8-6-7-9-24(21)28(19-31)10-13-30(14-11-28)22-16-23-15-20(3)25(17-22)32(23)27(34)35-5-2/h7,9,20,22-23,25H,4-6,8,10-19H2,1-3H3,(H,29,33)/t20-,22?,23?,25?/m0/s1. The summed E-state index contributed by atoms with van der Waals surface area (Å²) in [5, 5.41) is 3.12. The van der Waals surface area contributed by atoms with E-state index in [0.717, 1.165) is 84.1 Å². The Kier molecular flexibility index (Phi) is 7.16. The van der Waals surface area contributed by atoms with Gasteiger partial charge in [0, 0.05) is 43.2 Å². The number of nitrogens with zero attached hydrogens (tertiary/aromatic N) is 3. The van der Waals surface area contributed by atoms with Gasteiger partial charge in [-0.3, -0.25) is 0 Å². The molecule has 3 unspecified atom stereocenters. The maximum Gasteiger partial charge on any atom is 0.410 e. The van der Waals surface area contributed by atoms with Crippen LogP contribution in [0.4, 0.5) is 9.59 Å². The molecule has 3 fully saturated rings. The van der Waals surface area contributed by atoms with Crippen LogP contribution in [-0.2, 0) is 4.74 Å². The summed E-state index contributed by atoms with van der Waals surface area (Å²) in [6, 6.07) is 1.26. The lowest BCUT2D eigenvalue weighted by atomic mass is 9.66. The van der Waals surface area contributed by atoms with Crippen molar-refractivity contribution in [2.75, 3.05) is 39.3 Å². The van der Waals surface area contributed by atoms with E-state index in [0.29, 0.717) is 30.7 Å². The average molecular weight is 485 g/mol. The summed E-state index contributed by atoms with van der Waals surface area (Å²) >= 11 is 0. The van der Waals surface area contributed by atoms with Gasteiger partial charge in [0.05, 0.1) is 6.61 Å². The lowest BCUT2D eigenvalue weighted by Gasteiger charge is -2.52. The molecule has 5 rings (SSSR count). The Balaban J connectivity index is 1.27. The van der Waals surface area contributed by atoms with Crippen molar-refractivity contribution in [2.24, 2.45) is 11.3 Å². The average Bonchev–Trinajstić information content (AvgIpc) is 3.07. The van der Waals surface area contributed by atoms with Crippen LogP contribution >= 0.6 is 0 Å². The van der Waals surface area contributed by atoms with E-state index in [1.54, 1.807) is 0 Å². The van der Waals surface area contributed by atoms with Crippen LogP contribution in [0.1, 0.15) is 72.1 Å². The number of hydrogen-bond donors (Lipinski definition) is 1. The highest BCUT2D eigenvalue weighted by atomic mass is 16.6. The summed E-state index contributed by atoms with van der Waals surface area (Å²) in [5.41, 5.74) is 3.10. The third kappa shape index (κ3) is 4.61. The van der Waals surface area contributed by atoms with E-state index in [1.807, 2.05) is 6.92 Å². The number of likely N-dealkylation sites (tertiary alicyclic amines) is 1. The first-order valence-corrected chi connectivity index (χ1v) is 14.1. The molecule has 3 saturated heterocycles. The first-order valence-electron chi connectivity index (χ1n) is 14.1. The molecule has 3 amide bonds. The Morgan fingerprint density at radius 2 is 1.94 bits per heavy atom. The van der Waals surface area contributed by atoms with Crippen LogP contribution in [0.3, 0.4) is 0 Å². The molecule has 194 valence electrons. The number of fused-ring (bicyclic) bond motifs is 3. The molecule has 2 bridgehead atoms. The van der Waals surface area contributed by atoms with Crippen LogP contribution in [0, 0.1) is 11.3 Å². The second kappa shape index (κ2) is 10.2. The van der Waals surface area contributed by atoms with E-state index in [-0.39, 0.29) is 17.5 Å². The van der Waals surface area contributed by atoms with Crippen molar-refractivity contribution in [3.05, 3.63) is 23.3 Å². The van der Waals surface area contributed by atoms with Crippen LogP contribution in [-0.4, -0.2) is 84.3 Å². The second-order valence-corrected chi connectivity index (χ2v) is 11.5. The van der Waals surface area contributed by atoms with Gasteiger partial charge in [0.25, 0.3) is 0 Å². The summed E-state index contributed by atoms with van der Waals surface area (Å²) in [6.07, 6.45) is 13.2. The monoisotopic (exact) mass is 484 g/mol. The van der Waals surface area contributed by atoms with Crippen LogP contribution in [0.25, 0.3) is 0 Å². The zero-order valence-corrected chi connectivity index (χ0v) is 21.9. The van der Waals surface area contributed by atoms with Gasteiger partial charge in [0.2, 0.25) is 0 Å². The molecule has 7 nitrogen and oxygen atoms in total. The minimum Gasteiger partial charge on any atom is -0.450 e. The van der Waals surface area contributed by atoms with Gasteiger partial charge in [-0.1, -0.05) is 26.0 Å². The molecule has 0 radical (unpaired) electrons. The van der Waals surface area contributed by atoms with Crippen molar-refractivity contribution < 1.29 is 14.3 Å². The van der Waals surface area contributed by atoms with Gasteiger partial charge in [0.15, 0.2) is 0 Å². The van der Waals surface area contributed by atoms with Crippen LogP contribution in [0.2, 0.25) is 0 Å². The van der Waals surface area contributed by atoms with Gasteiger partial charge in [-0.05, 0) is 88.4 Å². The van der Waals surface area contributed by atoms with Gasteiger partial charge in [-0.15, -0.1) is 0 Å². The molecule has 35 heavy (non-hydrogen) atoms. The molecule has 4 atom stereocenters. The number of amides is 3. The molecule has 1 aliphatic carbocycles. The number of urea groups is 1. The highest BCUT2D eigenvalue weighted by molar-refractivity contribution is 5.75. The van der Waals surface area contributed by atoms with Crippen molar-refractivity contribution in [1.82, 2.24) is 20.0 Å². The van der Waals surface area contributed by atoms with Gasteiger partial charge in [-0.2, -0.15) is 0 Å². The summed E-state index contributed by atoms with van der Waals surface area (Å²) in [7, 11) is 0. The normalized spacial score (nSPS) is 32.1. The number of rotatable bonds is 4. The first kappa shape index (κ1) is 24.7. The Morgan fingerprint density at radius 1 is 1.14 bits per heavy atom. The molecule has 4 aliphatic heterocycles. The van der Waals surface area contributed by atoms with Crippen molar-refractivity contribution in [3.8, 4) is 0 Å². The lowest BCUT2D eigenvalue weighted by Crippen LogP contribution is -2.58. The second-order valence-electron chi connectivity index (χ2n) is 11.5. The highest BCUT2D eigenvalue weighted by Crippen LogP contribution is 2.48. The van der Waals surface area contributed by atoms with E-state index < -0.39 is 0 Å². The quantitative estimate of drug-likeness (QED) is 0.636. The Bertz CT molecular complexity index is 875. The molecule has 1 spiro atoms. The lowest BCUT2D eigenvalue weighted by molar-refractivity contribution is 0.0131. The molecular formula is C28H44N4O3. The van der Waals surface area contributed by atoms with E-state index in [1.165, 1.54) is 11.1 Å². The van der Waals surface area contributed by atoms with Crippen molar-refractivity contribution >= 4 is 12.1 Å². The number of carbonyl (C=O) groups is 2. The number of nitrogens with one attached hydrogen (secondary N) is 1. The zero-order valence-electron chi connectivity index (χ0n) is 21.9. The topological polar surface area (TPSA) is 65.1 Å². The molecular weight excluding hydrogens is 440 g/mol. The third-order valence-electron chi connectivity index (χ3n) is 9.40. The molecule has 4 heterocycles. The first-order chi connectivity index (χ1) is 17.0. The van der Waals surface area contributed by atoms with Crippen molar-refractivity contribution in [2.45, 2.75) is 90.3 Å². The van der Waals surface area contributed by atoms with Gasteiger partial charge in [-0.25, -0.2) is 9.59 Å². The van der Waals surface area contributed by atoms with E-state index in [9.17, 15) is 9.59 Å². The molecule has 0 aromatic heterocycles. The number of hydrogen-bond acceptors (Lipinski definition) is 4. The maximum absolute atomic E-state index is 12.9. The fourth-order valence-electron chi connectivity index (χ4n) is 7.67. The van der Waals surface area contributed by atoms with Gasteiger partial charge >= 0.3 is 12.1 Å². The van der Waals surface area contributed by atoms with Crippen LogP contribution in [0.15, 0.2) is 23.3 Å². The Hall–Kier alpha value is -2.02. The summed E-state index contributed by atoms with van der Waals surface area (Å²) < 4.78 is 5.40. The van der Waals surface area contributed by atoms with Crippen molar-refractivity contribution in [3.63, 3.8) is 0 Å². The largest absolute Gasteiger partial charge is 0.450 e. The zero-order chi connectivity index (χ0) is 24.6. The third-order valence-corrected chi connectivity index (χ3v) is 9.40. The fraction of sp³-hybridized carbons (Fsp3) is 0.786. The summed E-state index contributed by atoms with van der Waals surface area (Å²) in [5.74, 6) is 0.541. The molecule has 0 saturated carbocycles. The Labute approximate surface area is 210 Å². The molecule has 0 aromatic rings. The van der Waals surface area contributed by atoms with E-state index in [4.69, 9.17) is 4.74 Å². The fourth-order valence-corrected chi connectivity index (χ4v) is 7.67. The summed E-state index contributed by atoms with van der Waals surface area (Å²) in [4.78, 5) is 32.4. The molecule has 1 N–H and O–H groups in total. The smallest absolute Gasteiger partial charge is 0.410 e. The van der Waals surface area contributed by atoms with Crippen molar-refractivity contribution in [1.29, 1.82) is 0 Å². The van der Waals surface area contributed by atoms with Crippen LogP contribution < -0.4 is 5.32 Å². The number of ether oxygens (including phenoxy) is 1. The number of carbonyl (C=O) groups excluding carboxylic acids is 2.